The Kier molecular flexibility index (Phi) is 7.72. The zero-order valence-corrected chi connectivity index (χ0v) is 26.3. The number of carbonyl (C=O) groups is 1. The second kappa shape index (κ2) is 11.8. The van der Waals surface area contributed by atoms with Crippen LogP contribution < -0.4 is 10.5 Å². The molecule has 0 spiro atoms. The number of anilines is 1. The molecule has 2 aromatic carbocycles. The molecule has 0 atom stereocenters. The summed E-state index contributed by atoms with van der Waals surface area (Å²) in [7, 11) is 0. The number of ether oxygens (including phenoxy) is 1. The fourth-order valence-electron chi connectivity index (χ4n) is 5.71. The van der Waals surface area contributed by atoms with Crippen LogP contribution in [0.4, 0.5) is 10.2 Å². The second-order valence-electron chi connectivity index (χ2n) is 11.6. The number of nitrogen functional groups attached to an aromatic ring is 1. The minimum atomic E-state index is -0.478. The van der Waals surface area contributed by atoms with Crippen LogP contribution in [0.1, 0.15) is 64.3 Å². The van der Waals surface area contributed by atoms with E-state index in [0.29, 0.717) is 22.9 Å². The van der Waals surface area contributed by atoms with Crippen molar-refractivity contribution in [2.75, 3.05) is 18.8 Å². The van der Waals surface area contributed by atoms with E-state index < -0.39 is 5.82 Å². The Morgan fingerprint density at radius 1 is 1.05 bits per heavy atom. The molecular weight excluding hydrogens is 626 g/mol. The van der Waals surface area contributed by atoms with Crippen molar-refractivity contribution >= 4 is 37.8 Å². The third-order valence-corrected chi connectivity index (χ3v) is 10.5. The number of aromatic amines is 1. The Labute approximate surface area is 261 Å². The molecule has 11 heteroatoms. The Morgan fingerprint density at radius 3 is 2.59 bits per heavy atom. The summed E-state index contributed by atoms with van der Waals surface area (Å²) in [6.45, 7) is 5.89. The number of hydroxylamine groups is 2. The number of fused-ring (bicyclic) bond motifs is 1. The number of hydrogen-bond acceptors (Lipinski definition) is 7. The molecule has 1 aliphatic carbocycles. The topological polar surface area (TPSA) is 111 Å². The number of carbonyl (C=O) groups excluding carboxylic acids is 1. The number of para-hydroxylation sites is 1. The Morgan fingerprint density at radius 2 is 1.84 bits per heavy atom. The van der Waals surface area contributed by atoms with E-state index in [2.05, 4.69) is 39.2 Å². The van der Waals surface area contributed by atoms with Gasteiger partial charge in [0.05, 0.1) is 18.1 Å². The van der Waals surface area contributed by atoms with Gasteiger partial charge in [-0.2, -0.15) is 5.10 Å². The summed E-state index contributed by atoms with van der Waals surface area (Å²) in [6.07, 6.45) is 7.78. The molecular formula is C33H33FN6O3Se. The van der Waals surface area contributed by atoms with Crippen LogP contribution in [0, 0.1) is 19.7 Å². The van der Waals surface area contributed by atoms with Crippen LogP contribution in [0.3, 0.4) is 0 Å². The summed E-state index contributed by atoms with van der Waals surface area (Å²) in [5.41, 5.74) is 12.0. The average molecular weight is 660 g/mol. The van der Waals surface area contributed by atoms with Crippen LogP contribution in [0.25, 0.3) is 16.6 Å². The van der Waals surface area contributed by atoms with Gasteiger partial charge < -0.3 is 10.5 Å². The average Bonchev–Trinajstić information content (AvgIpc) is 3.65. The molecule has 0 amide bonds. The van der Waals surface area contributed by atoms with E-state index >= 15 is 0 Å². The van der Waals surface area contributed by atoms with E-state index in [1.165, 1.54) is 47.0 Å². The molecule has 7 rings (SSSR count). The Balaban J connectivity index is 1.08. The first kappa shape index (κ1) is 28.7. The van der Waals surface area contributed by atoms with Crippen molar-refractivity contribution in [2.24, 2.45) is 0 Å². The van der Waals surface area contributed by atoms with Gasteiger partial charge in [-0.15, -0.1) is 0 Å². The number of benzene rings is 2. The first-order valence-electron chi connectivity index (χ1n) is 14.8. The number of aromatic nitrogens is 4. The molecule has 1 aliphatic heterocycles. The molecule has 1 saturated carbocycles. The van der Waals surface area contributed by atoms with Gasteiger partial charge in [-0.3, -0.25) is 0 Å². The van der Waals surface area contributed by atoms with E-state index in [-0.39, 0.29) is 38.5 Å². The summed E-state index contributed by atoms with van der Waals surface area (Å²) >= 11 is 0.286. The third kappa shape index (κ3) is 5.76. The number of nitrogens with zero attached hydrogens (tertiary/aromatic N) is 4. The number of rotatable bonds is 9. The van der Waals surface area contributed by atoms with Crippen molar-refractivity contribution in [1.29, 1.82) is 0 Å². The predicted molar refractivity (Wildman–Crippen MR) is 167 cm³/mol. The molecule has 226 valence electrons. The summed E-state index contributed by atoms with van der Waals surface area (Å²) in [4.78, 5) is 22.1. The molecule has 0 bridgehead atoms. The van der Waals surface area contributed by atoms with Gasteiger partial charge in [0.25, 0.3) is 0 Å². The SMILES string of the molecule is Cc1cc2cc(C(=O)c3cnn(-c4cnc(Oc5ccccc5F)cc4C)c3N)[nH]c2cc1C1CCN(O[Se]C2CC2)CC1. The Hall–Kier alpha value is -4.02. The summed E-state index contributed by atoms with van der Waals surface area (Å²) in [6, 6.07) is 14.0. The number of hydrogen-bond donors (Lipinski definition) is 2. The van der Waals surface area contributed by atoms with Crippen molar-refractivity contribution in [3.05, 3.63) is 94.7 Å². The maximum atomic E-state index is 14.0. The third-order valence-electron chi connectivity index (χ3n) is 8.34. The van der Waals surface area contributed by atoms with Gasteiger partial charge in [-0.1, -0.05) is 12.1 Å². The fourth-order valence-corrected chi connectivity index (χ4v) is 7.22. The minimum absolute atomic E-state index is 0.0824. The first-order valence-corrected chi connectivity index (χ1v) is 16.5. The monoisotopic (exact) mass is 660 g/mol. The predicted octanol–water partition coefficient (Wildman–Crippen LogP) is 6.42. The van der Waals surface area contributed by atoms with Gasteiger partial charge in [0.1, 0.15) is 5.82 Å². The molecule has 0 unspecified atom stereocenters. The molecule has 3 N–H and O–H groups in total. The molecule has 44 heavy (non-hydrogen) atoms. The second-order valence-corrected chi connectivity index (χ2v) is 13.7. The van der Waals surface area contributed by atoms with Crippen molar-refractivity contribution in [1.82, 2.24) is 24.8 Å². The van der Waals surface area contributed by atoms with Crippen LogP contribution in [0.5, 0.6) is 11.6 Å². The van der Waals surface area contributed by atoms with Crippen LogP contribution in [-0.4, -0.2) is 59.0 Å². The molecule has 2 aliphatic rings. The zero-order valence-electron chi connectivity index (χ0n) is 24.5. The first-order chi connectivity index (χ1) is 21.3. The van der Waals surface area contributed by atoms with Gasteiger partial charge in [-0.25, -0.2) is 14.1 Å². The number of piperidine rings is 1. The number of ketones is 1. The quantitative estimate of drug-likeness (QED) is 0.139. The molecule has 0 radical (unpaired) electrons. The molecule has 9 nitrogen and oxygen atoms in total. The summed E-state index contributed by atoms with van der Waals surface area (Å²) in [5.74, 6) is 0.268. The van der Waals surface area contributed by atoms with Crippen LogP contribution in [0.15, 0.2) is 60.9 Å². The molecule has 3 aromatic heterocycles. The number of H-pyrrole nitrogens is 1. The van der Waals surface area contributed by atoms with Gasteiger partial charge in [0.2, 0.25) is 5.88 Å². The van der Waals surface area contributed by atoms with Gasteiger partial charge in [0.15, 0.2) is 11.6 Å². The summed E-state index contributed by atoms with van der Waals surface area (Å²) < 4.78 is 27.2. The molecule has 2 fully saturated rings. The standard InChI is InChI=1S/C33H33FN6O3Se/c1-19-13-22-15-28(38-27(22)16-24(19)21-9-11-39(12-10-21)43-44-23-7-8-23)32(41)25-17-37-40(33(25)35)29-18-36-31(14-20(29)2)42-30-6-4-3-5-26(30)34/h3-6,13-18,21,23,38H,7-12,35H2,1-2H3. The normalized spacial score (nSPS) is 16.1. The van der Waals surface area contributed by atoms with Gasteiger partial charge in [0, 0.05) is 6.07 Å². The van der Waals surface area contributed by atoms with Crippen molar-refractivity contribution < 1.29 is 17.8 Å². The van der Waals surface area contributed by atoms with E-state index in [1.54, 1.807) is 24.4 Å². The number of pyridine rings is 1. The molecule has 4 heterocycles. The molecule has 1 saturated heterocycles. The summed E-state index contributed by atoms with van der Waals surface area (Å²) in [5, 5.41) is 7.54. The van der Waals surface area contributed by atoms with Gasteiger partial charge >= 0.3 is 148 Å². The van der Waals surface area contributed by atoms with Crippen molar-refractivity contribution in [3.63, 3.8) is 0 Å². The van der Waals surface area contributed by atoms with E-state index in [9.17, 15) is 9.18 Å². The zero-order chi connectivity index (χ0) is 30.4. The van der Waals surface area contributed by atoms with Crippen molar-refractivity contribution in [3.8, 4) is 17.3 Å². The molecule has 5 aromatic rings. The van der Waals surface area contributed by atoms with Gasteiger partial charge in [-0.05, 0) is 24.6 Å². The van der Waals surface area contributed by atoms with E-state index in [4.69, 9.17) is 14.4 Å². The van der Waals surface area contributed by atoms with E-state index in [0.717, 1.165) is 47.2 Å². The van der Waals surface area contributed by atoms with E-state index in [1.807, 2.05) is 13.0 Å². The number of aryl methyl sites for hydroxylation is 2. The number of nitrogens with one attached hydrogen (secondary N) is 1. The maximum absolute atomic E-state index is 14.0. The number of nitrogens with two attached hydrogens (primary N) is 1. The van der Waals surface area contributed by atoms with Crippen molar-refractivity contribution in [2.45, 2.75) is 50.3 Å². The Bertz CT molecular complexity index is 1860. The number of halogens is 1. The fraction of sp³-hybridized carbons (Fsp3) is 0.303. The van der Waals surface area contributed by atoms with Crippen LogP contribution in [0.2, 0.25) is 4.82 Å². The van der Waals surface area contributed by atoms with Crippen LogP contribution in [-0.2, 0) is 3.92 Å². The van der Waals surface area contributed by atoms with Crippen LogP contribution >= 0.6 is 0 Å².